The van der Waals surface area contributed by atoms with Gasteiger partial charge in [-0.15, -0.1) is 0 Å². The molecule has 0 aromatic heterocycles. The zero-order valence-corrected chi connectivity index (χ0v) is 25.4. The van der Waals surface area contributed by atoms with Crippen molar-refractivity contribution in [3.63, 3.8) is 0 Å². The highest BCUT2D eigenvalue weighted by molar-refractivity contribution is 7.99. The minimum Gasteiger partial charge on any atom is -0.480 e. The molecule has 0 bridgehead atoms. The summed E-state index contributed by atoms with van der Waals surface area (Å²) in [5.74, 6) is -1.65. The minimum absolute atomic E-state index is 0.0901. The van der Waals surface area contributed by atoms with Gasteiger partial charge in [0.15, 0.2) is 0 Å². The van der Waals surface area contributed by atoms with Gasteiger partial charge in [-0.05, 0) is 65.4 Å². The van der Waals surface area contributed by atoms with E-state index in [0.29, 0.717) is 12.2 Å². The number of hydrogen-bond acceptors (Lipinski definition) is 6. The zero-order valence-electron chi connectivity index (χ0n) is 24.6. The first-order valence-corrected chi connectivity index (χ1v) is 16.2. The molecule has 3 amide bonds. The van der Waals surface area contributed by atoms with Crippen LogP contribution in [0, 0.1) is 5.82 Å². The smallest absolute Gasteiger partial charge is 0.327 e. The van der Waals surface area contributed by atoms with Gasteiger partial charge in [-0.2, -0.15) is 11.8 Å². The number of anilines is 1. The fraction of sp³-hybridized carbons (Fsp3) is 0.424. The minimum atomic E-state index is -1.14. The number of carbonyl (C=O) groups is 3. The number of nitrogens with zero attached hydrogens (tertiary/aromatic N) is 3. The first kappa shape index (κ1) is 30.4. The highest BCUT2D eigenvalue weighted by atomic mass is 32.2. The van der Waals surface area contributed by atoms with Crippen molar-refractivity contribution in [1.82, 2.24) is 15.1 Å². The highest BCUT2D eigenvalue weighted by Crippen LogP contribution is 2.45. The van der Waals surface area contributed by atoms with E-state index < -0.39 is 29.6 Å². The fourth-order valence-electron chi connectivity index (χ4n) is 7.18. The van der Waals surface area contributed by atoms with E-state index in [1.807, 2.05) is 0 Å². The molecule has 0 saturated carbocycles. The lowest BCUT2D eigenvalue weighted by Crippen LogP contribution is -2.55. The average Bonchev–Trinajstić information content (AvgIpc) is 3.49. The number of piperidine rings is 1. The first-order chi connectivity index (χ1) is 21.1. The highest BCUT2D eigenvalue weighted by Gasteiger charge is 2.52. The Balaban J connectivity index is 1.15. The third kappa shape index (κ3) is 5.88. The largest absolute Gasteiger partial charge is 0.480 e. The molecule has 3 aromatic carbocycles. The molecule has 0 radical (unpaired) electrons. The molecule has 3 N–H and O–H groups in total. The van der Waals surface area contributed by atoms with E-state index >= 15 is 0 Å². The molecule has 3 aromatic rings. The molecular weight excluding hydrogens is 583 g/mol. The molecule has 9 nitrogen and oxygen atoms in total. The van der Waals surface area contributed by atoms with Gasteiger partial charge >= 0.3 is 12.0 Å². The van der Waals surface area contributed by atoms with Crippen LogP contribution >= 0.6 is 11.8 Å². The van der Waals surface area contributed by atoms with E-state index in [1.165, 1.54) is 52.7 Å². The fourth-order valence-corrected chi connectivity index (χ4v) is 8.15. The Hall–Kier alpha value is -3.67. The molecule has 1 aliphatic carbocycles. The van der Waals surface area contributed by atoms with Crippen molar-refractivity contribution >= 4 is 46.1 Å². The molecule has 44 heavy (non-hydrogen) atoms. The number of aliphatic carboxylic acids is 1. The van der Waals surface area contributed by atoms with Crippen molar-refractivity contribution in [2.75, 3.05) is 42.6 Å². The van der Waals surface area contributed by atoms with E-state index in [4.69, 9.17) is 0 Å². The maximum Gasteiger partial charge on any atom is 0.327 e. The van der Waals surface area contributed by atoms with Gasteiger partial charge in [-0.3, -0.25) is 14.6 Å². The van der Waals surface area contributed by atoms with Crippen LogP contribution < -0.4 is 10.2 Å². The lowest BCUT2D eigenvalue weighted by Gasteiger charge is -2.45. The number of benzene rings is 3. The summed E-state index contributed by atoms with van der Waals surface area (Å²) >= 11 is 1.21. The average molecular weight is 621 g/mol. The van der Waals surface area contributed by atoms with Crippen LogP contribution in [0.2, 0.25) is 0 Å². The number of urea groups is 1. The van der Waals surface area contributed by atoms with Crippen LogP contribution in [0.3, 0.4) is 0 Å². The molecule has 2 fully saturated rings. The van der Waals surface area contributed by atoms with Crippen LogP contribution in [0.25, 0.3) is 10.8 Å². The topological polar surface area (TPSA) is 113 Å². The van der Waals surface area contributed by atoms with Gasteiger partial charge in [0.2, 0.25) is 5.91 Å². The maximum absolute atomic E-state index is 13.9. The number of halogens is 1. The third-order valence-corrected chi connectivity index (χ3v) is 10.4. The number of amides is 3. The standard InChI is InChI=1S/C33H37FN4O5S/c1-21(39)35-28(31(41)42)19-44-18-26(40)17-37-20-33(38(32(37)43)25-10-8-24(34)9-11-25)12-14-36(15-13-33)29-16-23-6-2-4-22-5-3-7-27(29)30(22)23/h2-11,26,28-29,40H,12-20H2,1H3,(H,35,39)(H,41,42)/t26-,28+,29?/m1/s1. The summed E-state index contributed by atoms with van der Waals surface area (Å²) in [6, 6.07) is 18.0. The van der Waals surface area contributed by atoms with Crippen LogP contribution in [0.1, 0.15) is 36.9 Å². The molecule has 2 aliphatic heterocycles. The molecule has 6 rings (SSSR count). The Morgan fingerprint density at radius 2 is 1.77 bits per heavy atom. The number of rotatable bonds is 10. The van der Waals surface area contributed by atoms with E-state index in [-0.39, 0.29) is 35.9 Å². The molecule has 2 heterocycles. The van der Waals surface area contributed by atoms with Gasteiger partial charge in [-0.1, -0.05) is 36.4 Å². The molecule has 1 spiro atoms. The molecular formula is C33H37FN4O5S. The van der Waals surface area contributed by atoms with Gasteiger partial charge in [-0.25, -0.2) is 14.0 Å². The van der Waals surface area contributed by atoms with Gasteiger partial charge in [0.1, 0.15) is 11.9 Å². The second kappa shape index (κ2) is 12.4. The van der Waals surface area contributed by atoms with Gasteiger partial charge in [0, 0.05) is 56.3 Å². The number of aliphatic hydroxyl groups is 1. The van der Waals surface area contributed by atoms with Gasteiger partial charge in [0.25, 0.3) is 0 Å². The van der Waals surface area contributed by atoms with Crippen LogP contribution in [-0.2, 0) is 16.0 Å². The van der Waals surface area contributed by atoms with Crippen molar-refractivity contribution in [2.24, 2.45) is 0 Å². The van der Waals surface area contributed by atoms with Crippen LogP contribution in [0.5, 0.6) is 0 Å². The van der Waals surface area contributed by atoms with Crippen molar-refractivity contribution in [1.29, 1.82) is 0 Å². The maximum atomic E-state index is 13.9. The quantitative estimate of drug-likeness (QED) is 0.314. The lowest BCUT2D eigenvalue weighted by molar-refractivity contribution is -0.140. The van der Waals surface area contributed by atoms with Crippen molar-refractivity contribution < 1.29 is 29.0 Å². The van der Waals surface area contributed by atoms with E-state index in [0.717, 1.165) is 32.4 Å². The zero-order chi connectivity index (χ0) is 31.0. The summed E-state index contributed by atoms with van der Waals surface area (Å²) in [5, 5.41) is 25.2. The third-order valence-electron chi connectivity index (χ3n) is 9.17. The molecule has 3 atom stereocenters. The monoisotopic (exact) mass is 620 g/mol. The van der Waals surface area contributed by atoms with E-state index in [9.17, 15) is 29.0 Å². The number of carboxylic acids is 1. The van der Waals surface area contributed by atoms with Crippen LogP contribution in [-0.4, -0.2) is 93.3 Å². The van der Waals surface area contributed by atoms with Crippen molar-refractivity contribution in [3.8, 4) is 0 Å². The number of carboxylic acid groups (broad SMARTS) is 1. The Morgan fingerprint density at radius 3 is 2.45 bits per heavy atom. The predicted molar refractivity (Wildman–Crippen MR) is 168 cm³/mol. The molecule has 3 aliphatic rings. The summed E-state index contributed by atoms with van der Waals surface area (Å²) < 4.78 is 13.9. The lowest BCUT2D eigenvalue weighted by atomic mass is 9.85. The van der Waals surface area contributed by atoms with E-state index in [1.54, 1.807) is 21.9 Å². The summed E-state index contributed by atoms with van der Waals surface area (Å²) in [5.41, 5.74) is 2.86. The first-order valence-electron chi connectivity index (χ1n) is 15.0. The normalized spacial score (nSPS) is 20.8. The predicted octanol–water partition coefficient (Wildman–Crippen LogP) is 4.04. The van der Waals surface area contributed by atoms with E-state index in [2.05, 4.69) is 46.6 Å². The van der Waals surface area contributed by atoms with Crippen LogP contribution in [0.15, 0.2) is 60.7 Å². The number of aliphatic hydroxyl groups excluding tert-OH is 1. The SMILES string of the molecule is CC(=O)N[C@@H](CSC[C@H](O)CN1CC2(CCN(C3Cc4cccc5cccc3c45)CC2)N(c2ccc(F)cc2)C1=O)C(=O)O. The number of nitrogens with one attached hydrogen (secondary N) is 1. The summed E-state index contributed by atoms with van der Waals surface area (Å²) in [6.45, 7) is 3.38. The van der Waals surface area contributed by atoms with Crippen LogP contribution in [0.4, 0.5) is 14.9 Å². The second-order valence-corrected chi connectivity index (χ2v) is 13.2. The Morgan fingerprint density at radius 1 is 1.07 bits per heavy atom. The molecule has 2 saturated heterocycles. The number of hydrogen-bond donors (Lipinski definition) is 3. The molecule has 11 heteroatoms. The number of β-amino-alcohol motifs (C(OH)–C–C–N with tert-alkyl or cyclic N) is 1. The van der Waals surface area contributed by atoms with Gasteiger partial charge in [0.05, 0.1) is 11.6 Å². The van der Waals surface area contributed by atoms with Crippen molar-refractivity contribution in [3.05, 3.63) is 77.6 Å². The van der Waals surface area contributed by atoms with Crippen molar-refractivity contribution in [2.45, 2.75) is 49.9 Å². The molecule has 1 unspecified atom stereocenters. The molecule has 232 valence electrons. The van der Waals surface area contributed by atoms with Gasteiger partial charge < -0.3 is 20.4 Å². The number of carbonyl (C=O) groups excluding carboxylic acids is 2. The summed E-state index contributed by atoms with van der Waals surface area (Å²) in [6.07, 6.45) is 1.54. The summed E-state index contributed by atoms with van der Waals surface area (Å²) in [7, 11) is 0. The second-order valence-electron chi connectivity index (χ2n) is 12.1. The summed E-state index contributed by atoms with van der Waals surface area (Å²) in [4.78, 5) is 42.6. The number of thioether (sulfide) groups is 1. The number of likely N-dealkylation sites (tertiary alicyclic amines) is 1. The Labute approximate surface area is 260 Å². The Kier molecular flexibility index (Phi) is 8.54. The Bertz CT molecular complexity index is 1560.